The first-order valence-electron chi connectivity index (χ1n) is 10.1. The summed E-state index contributed by atoms with van der Waals surface area (Å²) in [4.78, 5) is 26.4. The quantitative estimate of drug-likeness (QED) is 0.801. The normalized spacial score (nSPS) is 22.9. The molecule has 2 atom stereocenters. The molecule has 1 aliphatic heterocycles. The predicted octanol–water partition coefficient (Wildman–Crippen LogP) is 2.36. The van der Waals surface area contributed by atoms with Gasteiger partial charge in [0.2, 0.25) is 0 Å². The third-order valence-electron chi connectivity index (χ3n) is 5.56. The molecule has 2 amide bonds. The third-order valence-corrected chi connectivity index (χ3v) is 5.56. The Kier molecular flexibility index (Phi) is 7.10. The summed E-state index contributed by atoms with van der Waals surface area (Å²) >= 11 is 0. The fourth-order valence-corrected chi connectivity index (χ4v) is 3.94. The van der Waals surface area contributed by atoms with Gasteiger partial charge in [-0.2, -0.15) is 0 Å². The number of amides is 2. The molecule has 0 unspecified atom stereocenters. The zero-order chi connectivity index (χ0) is 19.1. The number of rotatable bonds is 6. The zero-order valence-corrected chi connectivity index (χ0v) is 15.9. The second-order valence-corrected chi connectivity index (χ2v) is 7.64. The molecular weight excluding hydrogens is 344 g/mol. The summed E-state index contributed by atoms with van der Waals surface area (Å²) in [5.41, 5.74) is 0.579. The molecule has 2 N–H and O–H groups in total. The minimum Gasteiger partial charge on any atom is -0.484 e. The van der Waals surface area contributed by atoms with Gasteiger partial charge in [-0.05, 0) is 68.7 Å². The zero-order valence-electron chi connectivity index (χ0n) is 15.9. The van der Waals surface area contributed by atoms with E-state index < -0.39 is 0 Å². The number of nitrogens with zero attached hydrogens (tertiary/aromatic N) is 1. The van der Waals surface area contributed by atoms with Gasteiger partial charge in [-0.3, -0.25) is 9.59 Å². The predicted molar refractivity (Wildman–Crippen MR) is 103 cm³/mol. The topological polar surface area (TPSA) is 78.9 Å². The summed E-state index contributed by atoms with van der Waals surface area (Å²) in [5.74, 6) is 0.800. The van der Waals surface area contributed by atoms with Crippen LogP contribution >= 0.6 is 0 Å². The summed E-state index contributed by atoms with van der Waals surface area (Å²) in [5, 5.41) is 12.4. The summed E-state index contributed by atoms with van der Waals surface area (Å²) in [7, 11) is 0. The van der Waals surface area contributed by atoms with E-state index in [2.05, 4.69) is 5.32 Å². The number of aliphatic hydroxyl groups excluding tert-OH is 1. The molecular formula is C21H30N2O4. The van der Waals surface area contributed by atoms with Crippen LogP contribution in [0, 0.1) is 5.92 Å². The van der Waals surface area contributed by atoms with Crippen molar-refractivity contribution in [1.29, 1.82) is 0 Å². The first-order valence-corrected chi connectivity index (χ1v) is 10.1. The SMILES string of the molecule is O=C(N[C@@H]1CCC[C@@H](CO)C1)c1ccc(OCC(=O)N2CCCCC2)cc1. The monoisotopic (exact) mass is 374 g/mol. The van der Waals surface area contributed by atoms with Crippen molar-refractivity contribution in [2.24, 2.45) is 5.92 Å². The highest BCUT2D eigenvalue weighted by Crippen LogP contribution is 2.24. The van der Waals surface area contributed by atoms with Gasteiger partial charge in [0.15, 0.2) is 6.61 Å². The highest BCUT2D eigenvalue weighted by Gasteiger charge is 2.23. The Morgan fingerprint density at radius 3 is 2.52 bits per heavy atom. The molecule has 2 fully saturated rings. The highest BCUT2D eigenvalue weighted by molar-refractivity contribution is 5.94. The molecule has 1 aliphatic carbocycles. The Morgan fingerprint density at radius 1 is 1.07 bits per heavy atom. The second kappa shape index (κ2) is 9.74. The Morgan fingerprint density at radius 2 is 1.81 bits per heavy atom. The maximum absolute atomic E-state index is 12.4. The van der Waals surface area contributed by atoms with E-state index in [0.717, 1.165) is 51.6 Å². The van der Waals surface area contributed by atoms with Gasteiger partial charge in [0.1, 0.15) is 5.75 Å². The van der Waals surface area contributed by atoms with Crippen LogP contribution in [0.3, 0.4) is 0 Å². The van der Waals surface area contributed by atoms with Crippen LogP contribution in [0.15, 0.2) is 24.3 Å². The number of aliphatic hydroxyl groups is 1. The van der Waals surface area contributed by atoms with Crippen molar-refractivity contribution in [3.63, 3.8) is 0 Å². The van der Waals surface area contributed by atoms with Crippen molar-refractivity contribution in [3.05, 3.63) is 29.8 Å². The maximum atomic E-state index is 12.4. The van der Waals surface area contributed by atoms with E-state index in [-0.39, 0.29) is 37.0 Å². The van der Waals surface area contributed by atoms with Crippen molar-refractivity contribution in [2.75, 3.05) is 26.3 Å². The van der Waals surface area contributed by atoms with Crippen molar-refractivity contribution in [2.45, 2.75) is 51.0 Å². The summed E-state index contributed by atoms with van der Waals surface area (Å²) in [6.45, 7) is 1.87. The molecule has 0 radical (unpaired) electrons. The first-order chi connectivity index (χ1) is 13.2. The van der Waals surface area contributed by atoms with E-state index >= 15 is 0 Å². The van der Waals surface area contributed by atoms with Gasteiger partial charge in [0, 0.05) is 31.3 Å². The van der Waals surface area contributed by atoms with Crippen molar-refractivity contribution in [3.8, 4) is 5.75 Å². The van der Waals surface area contributed by atoms with Crippen LogP contribution in [0.2, 0.25) is 0 Å². The average Bonchev–Trinajstić information content (AvgIpc) is 2.73. The Balaban J connectivity index is 1.46. The number of carbonyl (C=O) groups is 2. The van der Waals surface area contributed by atoms with Gasteiger partial charge in [0.25, 0.3) is 11.8 Å². The molecule has 6 nitrogen and oxygen atoms in total. The molecule has 0 bridgehead atoms. The minimum atomic E-state index is -0.102. The van der Waals surface area contributed by atoms with Gasteiger partial charge in [-0.15, -0.1) is 0 Å². The van der Waals surface area contributed by atoms with Crippen LogP contribution in [0.4, 0.5) is 0 Å². The summed E-state index contributed by atoms with van der Waals surface area (Å²) in [6, 6.07) is 7.04. The first kappa shape index (κ1) is 19.7. The van der Waals surface area contributed by atoms with E-state index in [9.17, 15) is 14.7 Å². The van der Waals surface area contributed by atoms with Crippen LogP contribution in [0.5, 0.6) is 5.75 Å². The highest BCUT2D eigenvalue weighted by atomic mass is 16.5. The molecule has 1 aromatic carbocycles. The Labute approximate surface area is 160 Å². The molecule has 1 aromatic rings. The number of hydrogen-bond donors (Lipinski definition) is 2. The number of likely N-dealkylation sites (tertiary alicyclic amines) is 1. The smallest absolute Gasteiger partial charge is 0.260 e. The Hall–Kier alpha value is -2.08. The molecule has 1 saturated carbocycles. The number of carbonyl (C=O) groups excluding carboxylic acids is 2. The molecule has 1 heterocycles. The van der Waals surface area contributed by atoms with Crippen molar-refractivity contribution in [1.82, 2.24) is 10.2 Å². The lowest BCUT2D eigenvalue weighted by Crippen LogP contribution is -2.39. The number of piperidine rings is 1. The molecule has 148 valence electrons. The number of hydrogen-bond acceptors (Lipinski definition) is 4. The van der Waals surface area contributed by atoms with Gasteiger partial charge in [0.05, 0.1) is 0 Å². The summed E-state index contributed by atoms with van der Waals surface area (Å²) < 4.78 is 5.58. The fraction of sp³-hybridized carbons (Fsp3) is 0.619. The Bertz CT molecular complexity index is 626. The van der Waals surface area contributed by atoms with Crippen LogP contribution in [-0.2, 0) is 4.79 Å². The van der Waals surface area contributed by atoms with E-state index in [1.807, 2.05) is 4.90 Å². The van der Waals surface area contributed by atoms with Crippen molar-refractivity contribution < 1.29 is 19.4 Å². The molecule has 6 heteroatoms. The number of ether oxygens (including phenoxy) is 1. The fourth-order valence-electron chi connectivity index (χ4n) is 3.94. The maximum Gasteiger partial charge on any atom is 0.260 e. The van der Waals surface area contributed by atoms with E-state index in [1.165, 1.54) is 6.42 Å². The lowest BCUT2D eigenvalue weighted by Gasteiger charge is -2.28. The standard InChI is InChI=1S/C21H30N2O4/c24-14-16-5-4-6-18(13-16)22-21(26)17-7-9-19(10-8-17)27-15-20(25)23-11-2-1-3-12-23/h7-10,16,18,24H,1-6,11-15H2,(H,22,26)/t16-,18-/m1/s1. The second-order valence-electron chi connectivity index (χ2n) is 7.64. The van der Waals surface area contributed by atoms with Gasteiger partial charge in [-0.1, -0.05) is 6.42 Å². The van der Waals surface area contributed by atoms with Gasteiger partial charge in [-0.25, -0.2) is 0 Å². The molecule has 0 aromatic heterocycles. The van der Waals surface area contributed by atoms with Crippen LogP contribution in [0.25, 0.3) is 0 Å². The van der Waals surface area contributed by atoms with Crippen molar-refractivity contribution >= 4 is 11.8 Å². The molecule has 1 saturated heterocycles. The van der Waals surface area contributed by atoms with Gasteiger partial charge < -0.3 is 20.1 Å². The molecule has 2 aliphatic rings. The van der Waals surface area contributed by atoms with Crippen LogP contribution < -0.4 is 10.1 Å². The number of nitrogens with one attached hydrogen (secondary N) is 1. The van der Waals surface area contributed by atoms with E-state index in [4.69, 9.17) is 4.74 Å². The number of benzene rings is 1. The van der Waals surface area contributed by atoms with Crippen LogP contribution in [-0.4, -0.2) is 54.2 Å². The van der Waals surface area contributed by atoms with Crippen LogP contribution in [0.1, 0.15) is 55.3 Å². The molecule has 3 rings (SSSR count). The van der Waals surface area contributed by atoms with E-state index in [0.29, 0.717) is 11.3 Å². The molecule has 0 spiro atoms. The van der Waals surface area contributed by atoms with Gasteiger partial charge >= 0.3 is 0 Å². The lowest BCUT2D eigenvalue weighted by atomic mass is 9.86. The summed E-state index contributed by atoms with van der Waals surface area (Å²) in [6.07, 6.45) is 7.18. The van der Waals surface area contributed by atoms with E-state index in [1.54, 1.807) is 24.3 Å². The molecule has 27 heavy (non-hydrogen) atoms. The lowest BCUT2D eigenvalue weighted by molar-refractivity contribution is -0.134. The largest absolute Gasteiger partial charge is 0.484 e. The average molecular weight is 374 g/mol. The minimum absolute atomic E-state index is 0.0206. The third kappa shape index (κ3) is 5.70.